The summed E-state index contributed by atoms with van der Waals surface area (Å²) in [6.07, 6.45) is 1.44. The highest BCUT2D eigenvalue weighted by atomic mass is 32.2. The number of anilines is 2. The molecule has 1 amide bonds. The van der Waals surface area contributed by atoms with E-state index in [1.54, 1.807) is 12.1 Å². The van der Waals surface area contributed by atoms with Gasteiger partial charge in [0, 0.05) is 13.0 Å². The number of hydrogen-bond acceptors (Lipinski definition) is 7. The smallest absolute Gasteiger partial charge is 0.302 e. The summed E-state index contributed by atoms with van der Waals surface area (Å²) in [6, 6.07) is 7.02. The molecule has 0 radical (unpaired) electrons. The number of thiol groups is 1. The van der Waals surface area contributed by atoms with Crippen molar-refractivity contribution in [1.82, 2.24) is 4.98 Å². The van der Waals surface area contributed by atoms with Crippen LogP contribution in [0.4, 0.5) is 15.8 Å². The topological polar surface area (TPSA) is 123 Å². The van der Waals surface area contributed by atoms with E-state index in [4.69, 9.17) is 0 Å². The number of benzene rings is 1. The SMILES string of the molecule is Cc1ccc(N(CCCC(=O)Nc2ncc([N+](=O)[O-])s2)[SH](=O)=O)cc1. The summed E-state index contributed by atoms with van der Waals surface area (Å²) >= 11 is 0.763. The molecule has 1 aromatic carbocycles. The number of aromatic nitrogens is 1. The number of rotatable bonds is 8. The van der Waals surface area contributed by atoms with Gasteiger partial charge in [-0.15, -0.1) is 0 Å². The van der Waals surface area contributed by atoms with Gasteiger partial charge in [-0.25, -0.2) is 13.4 Å². The van der Waals surface area contributed by atoms with E-state index in [-0.39, 0.29) is 29.0 Å². The first-order valence-electron chi connectivity index (χ1n) is 7.25. The number of nitrogens with zero attached hydrogens (tertiary/aromatic N) is 3. The van der Waals surface area contributed by atoms with Crippen molar-refractivity contribution in [2.45, 2.75) is 19.8 Å². The number of carbonyl (C=O) groups excluding carboxylic acids is 1. The third-order valence-electron chi connectivity index (χ3n) is 3.22. The Morgan fingerprint density at radius 1 is 1.36 bits per heavy atom. The van der Waals surface area contributed by atoms with E-state index in [2.05, 4.69) is 10.3 Å². The van der Waals surface area contributed by atoms with Crippen molar-refractivity contribution in [2.75, 3.05) is 16.2 Å². The average molecular weight is 384 g/mol. The van der Waals surface area contributed by atoms with Gasteiger partial charge in [0.05, 0.1) is 10.6 Å². The molecule has 25 heavy (non-hydrogen) atoms. The lowest BCUT2D eigenvalue weighted by atomic mass is 10.2. The molecule has 0 unspecified atom stereocenters. The quantitative estimate of drug-likeness (QED) is 0.408. The second-order valence-electron chi connectivity index (χ2n) is 5.11. The summed E-state index contributed by atoms with van der Waals surface area (Å²) in [5.41, 5.74) is 1.56. The molecule has 2 rings (SSSR count). The van der Waals surface area contributed by atoms with Gasteiger partial charge in [-0.2, -0.15) is 0 Å². The molecule has 0 saturated heterocycles. The van der Waals surface area contributed by atoms with Gasteiger partial charge in [-0.3, -0.25) is 19.2 Å². The summed E-state index contributed by atoms with van der Waals surface area (Å²) in [5.74, 6) is -0.380. The first-order valence-corrected chi connectivity index (χ1v) is 9.20. The molecule has 1 N–H and O–H groups in total. The van der Waals surface area contributed by atoms with Gasteiger partial charge in [0.2, 0.25) is 16.8 Å². The van der Waals surface area contributed by atoms with Crippen LogP contribution < -0.4 is 9.62 Å². The normalized spacial score (nSPS) is 10.6. The molecule has 0 spiro atoms. The first kappa shape index (κ1) is 18.8. The van der Waals surface area contributed by atoms with E-state index in [9.17, 15) is 23.3 Å². The standard InChI is InChI=1S/C14H16N4O5S2/c1-10-4-6-11(7-5-10)17(25(22)23)8-2-3-12(19)16-14-15-9-13(24-14)18(20)21/h4-7,9,25H,2-3,8H2,1H3,(H,15,16,19). The Bertz CT molecular complexity index is 824. The minimum atomic E-state index is -2.82. The van der Waals surface area contributed by atoms with Crippen molar-refractivity contribution >= 4 is 44.0 Å². The van der Waals surface area contributed by atoms with Crippen LogP contribution in [0.3, 0.4) is 0 Å². The minimum absolute atomic E-state index is 0.0684. The molecule has 0 atom stereocenters. The maximum absolute atomic E-state index is 11.8. The van der Waals surface area contributed by atoms with Crippen LogP contribution in [-0.2, 0) is 15.7 Å². The van der Waals surface area contributed by atoms with Crippen molar-refractivity contribution in [3.63, 3.8) is 0 Å². The fourth-order valence-corrected chi connectivity index (χ4v) is 3.28. The molecule has 0 fully saturated rings. The number of hydrogen-bond donors (Lipinski definition) is 2. The number of thiazole rings is 1. The Morgan fingerprint density at radius 2 is 2.04 bits per heavy atom. The molecule has 0 aliphatic heterocycles. The van der Waals surface area contributed by atoms with E-state index in [0.29, 0.717) is 12.1 Å². The van der Waals surface area contributed by atoms with Gasteiger partial charge < -0.3 is 5.32 Å². The van der Waals surface area contributed by atoms with Gasteiger partial charge in [-0.05, 0) is 36.8 Å². The summed E-state index contributed by atoms with van der Waals surface area (Å²) in [6.45, 7) is 2.06. The van der Waals surface area contributed by atoms with E-state index >= 15 is 0 Å². The molecule has 9 nitrogen and oxygen atoms in total. The molecule has 134 valence electrons. The van der Waals surface area contributed by atoms with E-state index in [1.807, 2.05) is 19.1 Å². The molecule has 0 aliphatic rings. The lowest BCUT2D eigenvalue weighted by molar-refractivity contribution is -0.380. The predicted octanol–water partition coefficient (Wildman–Crippen LogP) is 2.11. The fourth-order valence-electron chi connectivity index (χ4n) is 2.00. The monoisotopic (exact) mass is 384 g/mol. The second-order valence-corrected chi connectivity index (χ2v) is 7.08. The highest BCUT2D eigenvalue weighted by Crippen LogP contribution is 2.25. The zero-order chi connectivity index (χ0) is 18.4. The van der Waals surface area contributed by atoms with Gasteiger partial charge >= 0.3 is 5.00 Å². The molecule has 0 saturated carbocycles. The summed E-state index contributed by atoms with van der Waals surface area (Å²) in [4.78, 5) is 25.6. The van der Waals surface area contributed by atoms with E-state index < -0.39 is 15.8 Å². The molecule has 1 aromatic heterocycles. The van der Waals surface area contributed by atoms with Crippen LogP contribution in [0.5, 0.6) is 0 Å². The zero-order valence-corrected chi connectivity index (χ0v) is 15.0. The van der Waals surface area contributed by atoms with Crippen LogP contribution in [-0.4, -0.2) is 30.8 Å². The Kier molecular flexibility index (Phi) is 6.42. The lowest BCUT2D eigenvalue weighted by Crippen LogP contribution is -2.23. The maximum Gasteiger partial charge on any atom is 0.345 e. The van der Waals surface area contributed by atoms with Crippen LogP contribution in [0.25, 0.3) is 0 Å². The molecular formula is C14H16N4O5S2. The molecule has 0 bridgehead atoms. The predicted molar refractivity (Wildman–Crippen MR) is 95.5 cm³/mol. The fraction of sp³-hybridized carbons (Fsp3) is 0.286. The van der Waals surface area contributed by atoms with Gasteiger partial charge in [0.15, 0.2) is 5.13 Å². The van der Waals surface area contributed by atoms with E-state index in [0.717, 1.165) is 23.1 Å². The zero-order valence-electron chi connectivity index (χ0n) is 13.2. The lowest BCUT2D eigenvalue weighted by Gasteiger charge is -2.17. The Balaban J connectivity index is 1.87. The molecular weight excluding hydrogens is 368 g/mol. The average Bonchev–Trinajstić information content (AvgIpc) is 3.01. The third kappa shape index (κ3) is 5.50. The van der Waals surface area contributed by atoms with E-state index in [1.165, 1.54) is 4.31 Å². The van der Waals surface area contributed by atoms with Crippen LogP contribution in [0, 0.1) is 17.0 Å². The van der Waals surface area contributed by atoms with Crippen LogP contribution >= 0.6 is 11.3 Å². The molecule has 1 heterocycles. The maximum atomic E-state index is 11.8. The Labute approximate surface area is 149 Å². The number of nitrogens with one attached hydrogen (secondary N) is 1. The Morgan fingerprint density at radius 3 is 2.60 bits per heavy atom. The first-order chi connectivity index (χ1) is 11.9. The van der Waals surface area contributed by atoms with Crippen molar-refractivity contribution in [1.29, 1.82) is 0 Å². The summed E-state index contributed by atoms with van der Waals surface area (Å²) in [7, 11) is -2.82. The van der Waals surface area contributed by atoms with Crippen molar-refractivity contribution in [3.05, 3.63) is 46.1 Å². The van der Waals surface area contributed by atoms with Crippen LogP contribution in [0.1, 0.15) is 18.4 Å². The molecule has 2 aromatic rings. The Hall–Kier alpha value is -2.53. The van der Waals surface area contributed by atoms with Crippen LogP contribution in [0.2, 0.25) is 0 Å². The number of amides is 1. The molecule has 11 heteroatoms. The highest BCUT2D eigenvalue weighted by Gasteiger charge is 2.14. The summed E-state index contributed by atoms with van der Waals surface area (Å²) in [5, 5.41) is 13.0. The largest absolute Gasteiger partial charge is 0.345 e. The number of aryl methyl sites for hydroxylation is 1. The van der Waals surface area contributed by atoms with Crippen molar-refractivity contribution < 1.29 is 18.1 Å². The van der Waals surface area contributed by atoms with Crippen molar-refractivity contribution in [2.24, 2.45) is 0 Å². The van der Waals surface area contributed by atoms with Gasteiger partial charge in [-0.1, -0.05) is 17.7 Å². The van der Waals surface area contributed by atoms with Crippen LogP contribution in [0.15, 0.2) is 30.5 Å². The highest BCUT2D eigenvalue weighted by molar-refractivity contribution is 7.74. The third-order valence-corrected chi connectivity index (χ3v) is 4.91. The number of nitro groups is 1. The summed E-state index contributed by atoms with van der Waals surface area (Å²) < 4.78 is 24.0. The molecule has 0 aliphatic carbocycles. The van der Waals surface area contributed by atoms with Gasteiger partial charge in [0.1, 0.15) is 6.20 Å². The minimum Gasteiger partial charge on any atom is -0.302 e. The number of carbonyl (C=O) groups is 1. The van der Waals surface area contributed by atoms with Gasteiger partial charge in [0.25, 0.3) is 0 Å². The second kappa shape index (κ2) is 8.53. The van der Waals surface area contributed by atoms with Crippen molar-refractivity contribution in [3.8, 4) is 0 Å².